The molecule has 0 saturated carbocycles. The molecular weight excluding hydrogens is 286 g/mol. The van der Waals surface area contributed by atoms with Gasteiger partial charge in [-0.25, -0.2) is 0 Å². The molecule has 1 aromatic carbocycles. The highest BCUT2D eigenvalue weighted by molar-refractivity contribution is 5.83. The van der Waals surface area contributed by atoms with E-state index in [9.17, 15) is 4.79 Å². The molecular formula is C19H31N3O. The summed E-state index contributed by atoms with van der Waals surface area (Å²) in [5, 5.41) is 0. The molecule has 1 saturated heterocycles. The molecule has 0 aliphatic carbocycles. The van der Waals surface area contributed by atoms with Gasteiger partial charge in [0.15, 0.2) is 0 Å². The zero-order valence-electron chi connectivity index (χ0n) is 14.9. The third-order valence-corrected chi connectivity index (χ3v) is 4.85. The molecule has 1 aliphatic rings. The average molecular weight is 317 g/mol. The number of hydrogen-bond acceptors (Lipinski definition) is 3. The molecule has 0 aromatic heterocycles. The van der Waals surface area contributed by atoms with Gasteiger partial charge in [-0.1, -0.05) is 37.3 Å². The van der Waals surface area contributed by atoms with Crippen molar-refractivity contribution in [2.75, 3.05) is 53.4 Å². The molecule has 128 valence electrons. The average Bonchev–Trinajstić information content (AvgIpc) is 2.58. The van der Waals surface area contributed by atoms with Gasteiger partial charge in [-0.05, 0) is 32.0 Å². The Bertz CT molecular complexity index is 469. The number of hydrogen-bond donors (Lipinski definition) is 0. The molecule has 0 spiro atoms. The van der Waals surface area contributed by atoms with Gasteiger partial charge in [-0.2, -0.15) is 0 Å². The van der Waals surface area contributed by atoms with E-state index in [2.05, 4.69) is 35.9 Å². The third kappa shape index (κ3) is 5.33. The Hall–Kier alpha value is -1.39. The van der Waals surface area contributed by atoms with Crippen LogP contribution in [0.5, 0.6) is 0 Å². The Morgan fingerprint density at radius 3 is 2.43 bits per heavy atom. The summed E-state index contributed by atoms with van der Waals surface area (Å²) in [7, 11) is 4.12. The lowest BCUT2D eigenvalue weighted by Gasteiger charge is -2.32. The van der Waals surface area contributed by atoms with Crippen molar-refractivity contribution < 1.29 is 4.79 Å². The van der Waals surface area contributed by atoms with Crippen LogP contribution >= 0.6 is 0 Å². The Morgan fingerprint density at radius 1 is 1.17 bits per heavy atom. The van der Waals surface area contributed by atoms with Crippen LogP contribution < -0.4 is 0 Å². The zero-order chi connectivity index (χ0) is 16.7. The number of carbonyl (C=O) groups is 1. The van der Waals surface area contributed by atoms with Crippen LogP contribution in [0.15, 0.2) is 30.3 Å². The highest BCUT2D eigenvalue weighted by atomic mass is 16.2. The van der Waals surface area contributed by atoms with Crippen LogP contribution in [0.1, 0.15) is 31.2 Å². The zero-order valence-corrected chi connectivity index (χ0v) is 14.9. The van der Waals surface area contributed by atoms with E-state index in [0.717, 1.165) is 57.7 Å². The molecule has 1 heterocycles. The molecule has 4 nitrogen and oxygen atoms in total. The van der Waals surface area contributed by atoms with E-state index in [1.807, 2.05) is 30.1 Å². The maximum atomic E-state index is 12.7. The van der Waals surface area contributed by atoms with Crippen molar-refractivity contribution in [2.24, 2.45) is 0 Å². The summed E-state index contributed by atoms with van der Waals surface area (Å²) in [6, 6.07) is 10.1. The molecule has 1 fully saturated rings. The van der Waals surface area contributed by atoms with Gasteiger partial charge in [0, 0.05) is 39.8 Å². The van der Waals surface area contributed by atoms with E-state index in [0.29, 0.717) is 0 Å². The normalized spacial score (nSPS) is 17.9. The number of carbonyl (C=O) groups excluding carboxylic acids is 1. The van der Waals surface area contributed by atoms with Crippen LogP contribution in [0.3, 0.4) is 0 Å². The number of benzene rings is 1. The maximum absolute atomic E-state index is 12.7. The first kappa shape index (κ1) is 18.0. The van der Waals surface area contributed by atoms with Crippen molar-refractivity contribution in [1.29, 1.82) is 0 Å². The highest BCUT2D eigenvalue weighted by Gasteiger charge is 2.22. The highest BCUT2D eigenvalue weighted by Crippen LogP contribution is 2.21. The number of likely N-dealkylation sites (N-methyl/N-ethyl adjacent to an activating group) is 2. The summed E-state index contributed by atoms with van der Waals surface area (Å²) >= 11 is 0. The van der Waals surface area contributed by atoms with Crippen LogP contribution in [0.25, 0.3) is 0 Å². The van der Waals surface area contributed by atoms with Crippen LogP contribution in [0, 0.1) is 0 Å². The Kier molecular flexibility index (Phi) is 7.06. The fourth-order valence-corrected chi connectivity index (χ4v) is 3.22. The van der Waals surface area contributed by atoms with Crippen molar-refractivity contribution in [3.05, 3.63) is 35.9 Å². The van der Waals surface area contributed by atoms with Crippen LogP contribution in [-0.4, -0.2) is 74.0 Å². The topological polar surface area (TPSA) is 26.8 Å². The Morgan fingerprint density at radius 2 is 1.83 bits per heavy atom. The van der Waals surface area contributed by atoms with Crippen molar-refractivity contribution in [3.8, 4) is 0 Å². The lowest BCUT2D eigenvalue weighted by Crippen LogP contribution is -2.45. The third-order valence-electron chi connectivity index (χ3n) is 4.85. The molecule has 4 heteroatoms. The molecule has 1 atom stereocenters. The van der Waals surface area contributed by atoms with Crippen LogP contribution in [0.4, 0.5) is 0 Å². The minimum absolute atomic E-state index is 0.00941. The number of piperazine rings is 1. The molecule has 1 aromatic rings. The second-order valence-corrected chi connectivity index (χ2v) is 6.63. The van der Waals surface area contributed by atoms with E-state index < -0.39 is 0 Å². The SMILES string of the molecule is CCC(C(=O)N(C)CCCN1CCN(C)CC1)c1ccccc1. The molecule has 1 amide bonds. The molecule has 2 rings (SSSR count). The first-order valence-corrected chi connectivity index (χ1v) is 8.82. The van der Waals surface area contributed by atoms with E-state index in [1.54, 1.807) is 0 Å². The number of nitrogens with zero attached hydrogens (tertiary/aromatic N) is 3. The van der Waals surface area contributed by atoms with Gasteiger partial charge >= 0.3 is 0 Å². The molecule has 0 radical (unpaired) electrons. The molecule has 0 bridgehead atoms. The van der Waals surface area contributed by atoms with Gasteiger partial charge < -0.3 is 14.7 Å². The lowest BCUT2D eigenvalue weighted by atomic mass is 9.95. The van der Waals surface area contributed by atoms with Crippen LogP contribution in [-0.2, 0) is 4.79 Å². The van der Waals surface area contributed by atoms with Gasteiger partial charge in [0.25, 0.3) is 0 Å². The van der Waals surface area contributed by atoms with Crippen molar-refractivity contribution in [2.45, 2.75) is 25.7 Å². The van der Waals surface area contributed by atoms with E-state index in [1.165, 1.54) is 0 Å². The predicted molar refractivity (Wildman–Crippen MR) is 95.7 cm³/mol. The van der Waals surface area contributed by atoms with Gasteiger partial charge in [0.05, 0.1) is 5.92 Å². The fourth-order valence-electron chi connectivity index (χ4n) is 3.22. The summed E-state index contributed by atoms with van der Waals surface area (Å²) in [6.07, 6.45) is 1.91. The van der Waals surface area contributed by atoms with E-state index >= 15 is 0 Å². The second-order valence-electron chi connectivity index (χ2n) is 6.63. The Balaban J connectivity index is 1.78. The summed E-state index contributed by atoms with van der Waals surface area (Å²) in [6.45, 7) is 8.63. The fraction of sp³-hybridized carbons (Fsp3) is 0.632. The smallest absolute Gasteiger partial charge is 0.229 e. The van der Waals surface area contributed by atoms with Gasteiger partial charge in [0.2, 0.25) is 5.91 Å². The van der Waals surface area contributed by atoms with Gasteiger partial charge in [-0.15, -0.1) is 0 Å². The minimum atomic E-state index is -0.00941. The molecule has 1 unspecified atom stereocenters. The monoisotopic (exact) mass is 317 g/mol. The second kappa shape index (κ2) is 9.04. The largest absolute Gasteiger partial charge is 0.345 e. The molecule has 1 aliphatic heterocycles. The van der Waals surface area contributed by atoms with E-state index in [-0.39, 0.29) is 11.8 Å². The predicted octanol–water partition coefficient (Wildman–Crippen LogP) is 2.28. The van der Waals surface area contributed by atoms with Crippen molar-refractivity contribution in [3.63, 3.8) is 0 Å². The maximum Gasteiger partial charge on any atom is 0.229 e. The van der Waals surface area contributed by atoms with Gasteiger partial charge in [-0.3, -0.25) is 4.79 Å². The van der Waals surface area contributed by atoms with Crippen LogP contribution in [0.2, 0.25) is 0 Å². The quantitative estimate of drug-likeness (QED) is 0.772. The first-order valence-electron chi connectivity index (χ1n) is 8.82. The summed E-state index contributed by atoms with van der Waals surface area (Å²) < 4.78 is 0. The Labute approximate surface area is 141 Å². The standard InChI is InChI=1S/C19H31N3O/c1-4-18(17-9-6-5-7-10-17)19(23)21(3)11-8-12-22-15-13-20(2)14-16-22/h5-7,9-10,18H,4,8,11-16H2,1-3H3. The number of rotatable bonds is 7. The minimum Gasteiger partial charge on any atom is -0.345 e. The molecule has 23 heavy (non-hydrogen) atoms. The number of amides is 1. The molecule has 0 N–H and O–H groups in total. The first-order chi connectivity index (χ1) is 11.1. The summed E-state index contributed by atoms with van der Waals surface area (Å²) in [5.74, 6) is 0.238. The van der Waals surface area contributed by atoms with Crippen molar-refractivity contribution in [1.82, 2.24) is 14.7 Å². The summed E-state index contributed by atoms with van der Waals surface area (Å²) in [4.78, 5) is 19.5. The van der Waals surface area contributed by atoms with Crippen molar-refractivity contribution >= 4 is 5.91 Å². The lowest BCUT2D eigenvalue weighted by molar-refractivity contribution is -0.131. The van der Waals surface area contributed by atoms with E-state index in [4.69, 9.17) is 0 Å². The van der Waals surface area contributed by atoms with Gasteiger partial charge in [0.1, 0.15) is 0 Å². The summed E-state index contributed by atoms with van der Waals surface area (Å²) in [5.41, 5.74) is 1.13.